The lowest BCUT2D eigenvalue weighted by Gasteiger charge is -1.66. The lowest BCUT2D eigenvalue weighted by molar-refractivity contribution is 1.55. The second kappa shape index (κ2) is 4.48. The zero-order valence-corrected chi connectivity index (χ0v) is 3.94. The van der Waals surface area contributed by atoms with E-state index in [1.165, 1.54) is 0 Å². The third-order valence-corrected chi connectivity index (χ3v) is 0.407. The predicted molar refractivity (Wildman–Crippen MR) is 28.0 cm³/mol. The molecule has 0 N–H and O–H groups in total. The highest BCUT2D eigenvalue weighted by molar-refractivity contribution is 4.97. The standard InChI is InChI=1S/C6H8/c1-3-5-6-4-2/h4-6H,1H2,2H3/b6-5+. The van der Waals surface area contributed by atoms with Crippen LogP contribution in [0.3, 0.4) is 0 Å². The number of hydrogen-bond donors (Lipinski definition) is 0. The summed E-state index contributed by atoms with van der Waals surface area (Å²) in [6, 6.07) is 0. The number of rotatable bonds is 2. The molecular weight excluding hydrogens is 72.1 g/mol. The molecule has 0 unspecified atom stereocenters. The van der Waals surface area contributed by atoms with Gasteiger partial charge in [0.25, 0.3) is 0 Å². The second-order valence-corrected chi connectivity index (χ2v) is 0.897. The quantitative estimate of drug-likeness (QED) is 0.443. The van der Waals surface area contributed by atoms with Crippen molar-refractivity contribution in [2.24, 2.45) is 0 Å². The SMILES string of the molecule is C=[C]/C=C/[CH]C. The van der Waals surface area contributed by atoms with Crippen molar-refractivity contribution in [2.45, 2.75) is 6.92 Å². The van der Waals surface area contributed by atoms with Crippen molar-refractivity contribution in [3.05, 3.63) is 31.2 Å². The molecule has 0 heteroatoms. The van der Waals surface area contributed by atoms with E-state index in [1.54, 1.807) is 6.08 Å². The Balaban J connectivity index is 2.94. The summed E-state index contributed by atoms with van der Waals surface area (Å²) < 4.78 is 0. The highest BCUT2D eigenvalue weighted by Gasteiger charge is 1.56. The van der Waals surface area contributed by atoms with Gasteiger partial charge in [-0.15, -0.1) is 0 Å². The molecule has 0 spiro atoms. The molecule has 0 aliphatic rings. The molecule has 0 aliphatic carbocycles. The molecule has 0 aromatic heterocycles. The van der Waals surface area contributed by atoms with Gasteiger partial charge in [0.2, 0.25) is 0 Å². The molecule has 0 heterocycles. The van der Waals surface area contributed by atoms with E-state index in [-0.39, 0.29) is 0 Å². The third kappa shape index (κ3) is 3.48. The Labute approximate surface area is 39.2 Å². The minimum atomic E-state index is 1.76. The van der Waals surface area contributed by atoms with Crippen LogP contribution in [-0.4, -0.2) is 0 Å². The molecule has 0 amide bonds. The van der Waals surface area contributed by atoms with E-state index in [1.807, 2.05) is 19.4 Å². The molecule has 0 bridgehead atoms. The van der Waals surface area contributed by atoms with Crippen molar-refractivity contribution < 1.29 is 0 Å². The topological polar surface area (TPSA) is 0 Å². The summed E-state index contributed by atoms with van der Waals surface area (Å²) >= 11 is 0. The fraction of sp³-hybridized carbons (Fsp3) is 0.167. The molecule has 0 fully saturated rings. The van der Waals surface area contributed by atoms with E-state index in [0.29, 0.717) is 0 Å². The first-order valence-corrected chi connectivity index (χ1v) is 1.89. The Kier molecular flexibility index (Phi) is 4.09. The maximum absolute atomic E-state index is 3.37. The fourth-order valence-electron chi connectivity index (χ4n) is 0.164. The van der Waals surface area contributed by atoms with Crippen LogP contribution < -0.4 is 0 Å². The molecule has 0 saturated carbocycles. The minimum absolute atomic E-state index is 1.76. The fourth-order valence-corrected chi connectivity index (χ4v) is 0.164. The van der Waals surface area contributed by atoms with E-state index < -0.39 is 0 Å². The summed E-state index contributed by atoms with van der Waals surface area (Å²) in [6.07, 6.45) is 8.18. The Hall–Kier alpha value is -0.520. The largest absolute Gasteiger partial charge is 0.0912 e. The Morgan fingerprint density at radius 2 is 2.33 bits per heavy atom. The molecule has 0 nitrogen and oxygen atoms in total. The van der Waals surface area contributed by atoms with Gasteiger partial charge in [-0.05, 0) is 12.5 Å². The van der Waals surface area contributed by atoms with Gasteiger partial charge in [0.15, 0.2) is 0 Å². The molecule has 0 rings (SSSR count). The van der Waals surface area contributed by atoms with Crippen LogP contribution in [0.5, 0.6) is 0 Å². The van der Waals surface area contributed by atoms with Crippen LogP contribution in [0.2, 0.25) is 0 Å². The Morgan fingerprint density at radius 3 is 2.50 bits per heavy atom. The smallest absolute Gasteiger partial charge is 0.0198 e. The van der Waals surface area contributed by atoms with Crippen molar-refractivity contribution in [1.82, 2.24) is 0 Å². The molecule has 0 aromatic carbocycles. The van der Waals surface area contributed by atoms with Gasteiger partial charge in [0, 0.05) is 0 Å². The summed E-state index contributed by atoms with van der Waals surface area (Å²) in [7, 11) is 0. The molecule has 0 aliphatic heterocycles. The summed E-state index contributed by atoms with van der Waals surface area (Å²) in [5.41, 5.74) is 0. The van der Waals surface area contributed by atoms with Crippen LogP contribution in [0.4, 0.5) is 0 Å². The summed E-state index contributed by atoms with van der Waals surface area (Å²) in [6.45, 7) is 5.32. The summed E-state index contributed by atoms with van der Waals surface area (Å²) in [5.74, 6) is 0. The monoisotopic (exact) mass is 80.1 g/mol. The molecule has 6 heavy (non-hydrogen) atoms. The van der Waals surface area contributed by atoms with Gasteiger partial charge in [0.05, 0.1) is 0 Å². The normalized spacial score (nSPS) is 9.50. The van der Waals surface area contributed by atoms with Crippen molar-refractivity contribution in [3.63, 3.8) is 0 Å². The Bertz CT molecular complexity index is 51.1. The van der Waals surface area contributed by atoms with E-state index in [9.17, 15) is 0 Å². The van der Waals surface area contributed by atoms with Crippen LogP contribution in [0.15, 0.2) is 18.7 Å². The van der Waals surface area contributed by atoms with Crippen molar-refractivity contribution in [3.8, 4) is 0 Å². The molecule has 0 aromatic rings. The highest BCUT2D eigenvalue weighted by atomic mass is 13.6. The van der Waals surface area contributed by atoms with Crippen LogP contribution in [0, 0.1) is 12.5 Å². The molecule has 0 atom stereocenters. The van der Waals surface area contributed by atoms with Crippen molar-refractivity contribution in [1.29, 1.82) is 0 Å². The lowest BCUT2D eigenvalue weighted by Crippen LogP contribution is -1.48. The first-order valence-electron chi connectivity index (χ1n) is 1.89. The molecule has 0 saturated heterocycles. The van der Waals surface area contributed by atoms with Crippen molar-refractivity contribution in [2.75, 3.05) is 0 Å². The maximum atomic E-state index is 3.37. The third-order valence-electron chi connectivity index (χ3n) is 0.407. The number of allylic oxidation sites excluding steroid dienone is 3. The van der Waals surface area contributed by atoms with Gasteiger partial charge in [-0.25, -0.2) is 0 Å². The van der Waals surface area contributed by atoms with Gasteiger partial charge in [0.1, 0.15) is 0 Å². The van der Waals surface area contributed by atoms with Gasteiger partial charge in [-0.2, -0.15) is 0 Å². The van der Waals surface area contributed by atoms with Crippen LogP contribution >= 0.6 is 0 Å². The Morgan fingerprint density at radius 1 is 1.67 bits per heavy atom. The van der Waals surface area contributed by atoms with E-state index in [2.05, 4.69) is 12.7 Å². The molecule has 2 radical (unpaired) electrons. The second-order valence-electron chi connectivity index (χ2n) is 0.897. The average Bonchev–Trinajstić information content (AvgIpc) is 1.61. The van der Waals surface area contributed by atoms with E-state index in [0.717, 1.165) is 0 Å². The highest BCUT2D eigenvalue weighted by Crippen LogP contribution is 1.74. The maximum Gasteiger partial charge on any atom is -0.0198 e. The van der Waals surface area contributed by atoms with Gasteiger partial charge >= 0.3 is 0 Å². The van der Waals surface area contributed by atoms with Gasteiger partial charge in [-0.1, -0.05) is 25.7 Å². The zero-order chi connectivity index (χ0) is 4.83. The van der Waals surface area contributed by atoms with Crippen LogP contribution in [0.1, 0.15) is 6.92 Å². The van der Waals surface area contributed by atoms with E-state index in [4.69, 9.17) is 0 Å². The van der Waals surface area contributed by atoms with E-state index >= 15 is 0 Å². The van der Waals surface area contributed by atoms with Crippen LogP contribution in [-0.2, 0) is 0 Å². The van der Waals surface area contributed by atoms with Crippen molar-refractivity contribution >= 4 is 0 Å². The van der Waals surface area contributed by atoms with Crippen LogP contribution in [0.25, 0.3) is 0 Å². The summed E-state index contributed by atoms with van der Waals surface area (Å²) in [4.78, 5) is 0. The molecular formula is C6H8. The average molecular weight is 80.1 g/mol. The predicted octanol–water partition coefficient (Wildman–Crippen LogP) is 1.76. The zero-order valence-electron chi connectivity index (χ0n) is 3.94. The minimum Gasteiger partial charge on any atom is -0.0912 e. The number of hydrogen-bond acceptors (Lipinski definition) is 0. The van der Waals surface area contributed by atoms with Gasteiger partial charge in [-0.3, -0.25) is 0 Å². The lowest BCUT2D eigenvalue weighted by atomic mass is 10.4. The first-order chi connectivity index (χ1) is 2.91. The molecule has 32 valence electrons. The summed E-state index contributed by atoms with van der Waals surface area (Å²) in [5, 5.41) is 0. The first kappa shape index (κ1) is 5.48. The van der Waals surface area contributed by atoms with Gasteiger partial charge < -0.3 is 0 Å².